The largest absolute Gasteiger partial charge is 0.497 e. The van der Waals surface area contributed by atoms with Gasteiger partial charge in [0, 0.05) is 24.2 Å². The van der Waals surface area contributed by atoms with Gasteiger partial charge in [0.1, 0.15) is 11.5 Å². The van der Waals surface area contributed by atoms with Gasteiger partial charge in [-0.05, 0) is 42.5 Å². The lowest BCUT2D eigenvalue weighted by Gasteiger charge is -2.30. The third kappa shape index (κ3) is 3.45. The Morgan fingerprint density at radius 3 is 2.57 bits per heavy atom. The molecule has 6 nitrogen and oxygen atoms in total. The quantitative estimate of drug-likeness (QED) is 0.672. The third-order valence-electron chi connectivity index (χ3n) is 6.15. The Hall–Kier alpha value is -2.86. The zero-order valence-electron chi connectivity index (χ0n) is 18.0. The molecule has 0 aliphatic carbocycles. The van der Waals surface area contributed by atoms with Crippen LogP contribution in [-0.2, 0) is 4.79 Å². The van der Waals surface area contributed by atoms with Gasteiger partial charge in [-0.2, -0.15) is 0 Å². The molecule has 6 heteroatoms. The summed E-state index contributed by atoms with van der Waals surface area (Å²) in [5.74, 6) is 0.966. The van der Waals surface area contributed by atoms with Crippen LogP contribution in [0.1, 0.15) is 60.1 Å². The van der Waals surface area contributed by atoms with Crippen molar-refractivity contribution in [3.8, 4) is 11.5 Å². The lowest BCUT2D eigenvalue weighted by atomic mass is 9.99. The molecule has 2 aliphatic rings. The summed E-state index contributed by atoms with van der Waals surface area (Å²) < 4.78 is 10.9. The highest BCUT2D eigenvalue weighted by molar-refractivity contribution is 6.52. The lowest BCUT2D eigenvalue weighted by molar-refractivity contribution is -0.114. The summed E-state index contributed by atoms with van der Waals surface area (Å²) in [6.07, 6.45) is 1.99. The van der Waals surface area contributed by atoms with Crippen molar-refractivity contribution < 1.29 is 19.1 Å². The number of ether oxygens (including phenoxy) is 2. The first-order valence-electron chi connectivity index (χ1n) is 10.4. The minimum absolute atomic E-state index is 0.118. The standard InChI is InChI=1S/C24H28N2O4/c1-15(2)16-7-10-21-19(12-16)23(27)24(28)26(21)14-25-11-5-6-20(25)18-9-8-17(29-3)13-22(18)30-4/h7-10,12-13,15,20H,5-6,11,14H2,1-4H3/t20-/m0/s1. The molecule has 30 heavy (non-hydrogen) atoms. The van der Waals surface area contributed by atoms with Crippen molar-refractivity contribution in [2.75, 3.05) is 32.3 Å². The Labute approximate surface area is 177 Å². The van der Waals surface area contributed by atoms with E-state index in [1.807, 2.05) is 36.4 Å². The zero-order valence-corrected chi connectivity index (χ0v) is 18.0. The average Bonchev–Trinajstić information content (AvgIpc) is 3.31. The van der Waals surface area contributed by atoms with Crippen LogP contribution in [0.4, 0.5) is 5.69 Å². The fourth-order valence-electron chi connectivity index (χ4n) is 4.44. The van der Waals surface area contributed by atoms with Crippen molar-refractivity contribution in [2.45, 2.75) is 38.6 Å². The number of ketones is 1. The van der Waals surface area contributed by atoms with E-state index in [9.17, 15) is 9.59 Å². The number of rotatable bonds is 6. The molecular weight excluding hydrogens is 380 g/mol. The lowest BCUT2D eigenvalue weighted by Crippen LogP contribution is -2.40. The van der Waals surface area contributed by atoms with Crippen molar-refractivity contribution >= 4 is 17.4 Å². The molecule has 0 saturated carbocycles. The Bertz CT molecular complexity index is 985. The summed E-state index contributed by atoms with van der Waals surface area (Å²) in [5.41, 5.74) is 3.37. The molecule has 2 aromatic rings. The Balaban J connectivity index is 1.62. The maximum absolute atomic E-state index is 12.8. The minimum Gasteiger partial charge on any atom is -0.497 e. The highest BCUT2D eigenvalue weighted by atomic mass is 16.5. The highest BCUT2D eigenvalue weighted by Crippen LogP contribution is 2.40. The number of hydrogen-bond donors (Lipinski definition) is 0. The van der Waals surface area contributed by atoms with Gasteiger partial charge in [0.05, 0.1) is 32.1 Å². The van der Waals surface area contributed by atoms with Crippen LogP contribution >= 0.6 is 0 Å². The molecule has 0 N–H and O–H groups in total. The van der Waals surface area contributed by atoms with Crippen LogP contribution in [0.3, 0.4) is 0 Å². The Morgan fingerprint density at radius 2 is 1.87 bits per heavy atom. The number of anilines is 1. The number of benzene rings is 2. The first kappa shape index (κ1) is 20.4. The van der Waals surface area contributed by atoms with Gasteiger partial charge in [-0.1, -0.05) is 26.0 Å². The second-order valence-corrected chi connectivity index (χ2v) is 8.21. The molecule has 1 fully saturated rings. The number of carbonyl (C=O) groups excluding carboxylic acids is 2. The molecule has 0 spiro atoms. The SMILES string of the molecule is COc1ccc([C@@H]2CCCN2CN2C(=O)C(=O)c3cc(C(C)C)ccc32)c(OC)c1. The van der Waals surface area contributed by atoms with Crippen molar-refractivity contribution in [3.05, 3.63) is 53.1 Å². The van der Waals surface area contributed by atoms with E-state index in [1.165, 1.54) is 0 Å². The molecule has 2 aliphatic heterocycles. The molecule has 0 aromatic heterocycles. The zero-order chi connectivity index (χ0) is 21.4. The highest BCUT2D eigenvalue weighted by Gasteiger charge is 2.39. The van der Waals surface area contributed by atoms with Gasteiger partial charge in [-0.25, -0.2) is 0 Å². The van der Waals surface area contributed by atoms with Crippen molar-refractivity contribution in [1.82, 2.24) is 4.90 Å². The van der Waals surface area contributed by atoms with Gasteiger partial charge >= 0.3 is 5.91 Å². The topological polar surface area (TPSA) is 59.1 Å². The van der Waals surface area contributed by atoms with E-state index in [1.54, 1.807) is 19.1 Å². The molecule has 1 atom stereocenters. The van der Waals surface area contributed by atoms with Gasteiger partial charge in [-0.15, -0.1) is 0 Å². The van der Waals surface area contributed by atoms with Crippen LogP contribution in [0.25, 0.3) is 0 Å². The number of hydrogen-bond acceptors (Lipinski definition) is 5. The van der Waals surface area contributed by atoms with Crippen LogP contribution in [0.5, 0.6) is 11.5 Å². The minimum atomic E-state index is -0.446. The van der Waals surface area contributed by atoms with E-state index in [0.717, 1.165) is 42.0 Å². The van der Waals surface area contributed by atoms with E-state index in [2.05, 4.69) is 18.7 Å². The van der Waals surface area contributed by atoms with E-state index in [0.29, 0.717) is 23.8 Å². The average molecular weight is 408 g/mol. The number of methoxy groups -OCH3 is 2. The predicted molar refractivity (Wildman–Crippen MR) is 115 cm³/mol. The Kier molecular flexibility index (Phi) is 5.52. The van der Waals surface area contributed by atoms with Gasteiger partial charge < -0.3 is 9.47 Å². The summed E-state index contributed by atoms with van der Waals surface area (Å²) in [7, 11) is 3.29. The van der Waals surface area contributed by atoms with E-state index >= 15 is 0 Å². The van der Waals surface area contributed by atoms with Crippen molar-refractivity contribution in [1.29, 1.82) is 0 Å². The van der Waals surface area contributed by atoms with Crippen LogP contribution < -0.4 is 14.4 Å². The molecule has 4 rings (SSSR count). The van der Waals surface area contributed by atoms with E-state index in [-0.39, 0.29) is 6.04 Å². The van der Waals surface area contributed by atoms with Gasteiger partial charge in [0.15, 0.2) is 0 Å². The summed E-state index contributed by atoms with van der Waals surface area (Å²) in [5, 5.41) is 0. The smallest absolute Gasteiger partial charge is 0.300 e. The molecule has 2 aromatic carbocycles. The summed E-state index contributed by atoms with van der Waals surface area (Å²) in [6, 6.07) is 11.8. The normalized spacial score (nSPS) is 19.0. The fraction of sp³-hybridized carbons (Fsp3) is 0.417. The van der Waals surface area contributed by atoms with Gasteiger partial charge in [0.2, 0.25) is 0 Å². The third-order valence-corrected chi connectivity index (χ3v) is 6.15. The van der Waals surface area contributed by atoms with Crippen LogP contribution in [0.2, 0.25) is 0 Å². The van der Waals surface area contributed by atoms with E-state index < -0.39 is 11.7 Å². The van der Waals surface area contributed by atoms with Crippen LogP contribution in [-0.4, -0.2) is 44.0 Å². The number of fused-ring (bicyclic) bond motifs is 1. The van der Waals surface area contributed by atoms with Crippen LogP contribution in [0.15, 0.2) is 36.4 Å². The number of carbonyl (C=O) groups is 2. The molecular formula is C24H28N2O4. The van der Waals surface area contributed by atoms with Crippen molar-refractivity contribution in [3.63, 3.8) is 0 Å². The first-order chi connectivity index (χ1) is 14.4. The second kappa shape index (κ2) is 8.11. The number of nitrogens with zero attached hydrogens (tertiary/aromatic N) is 2. The van der Waals surface area contributed by atoms with Crippen LogP contribution in [0, 0.1) is 0 Å². The molecule has 1 saturated heterocycles. The predicted octanol–water partition coefficient (Wildman–Crippen LogP) is 4.15. The maximum atomic E-state index is 12.8. The first-order valence-corrected chi connectivity index (χ1v) is 10.4. The number of amides is 1. The molecule has 0 unspecified atom stereocenters. The molecule has 1 amide bonds. The fourth-order valence-corrected chi connectivity index (χ4v) is 4.44. The number of likely N-dealkylation sites (tertiary alicyclic amines) is 1. The number of Topliss-reactive ketones (excluding diaryl/α,β-unsaturated/α-hetero) is 1. The van der Waals surface area contributed by atoms with Gasteiger partial charge in [-0.3, -0.25) is 19.4 Å². The molecule has 2 heterocycles. The molecule has 158 valence electrons. The van der Waals surface area contributed by atoms with Crippen molar-refractivity contribution in [2.24, 2.45) is 0 Å². The Morgan fingerprint density at radius 1 is 1.07 bits per heavy atom. The van der Waals surface area contributed by atoms with E-state index in [4.69, 9.17) is 9.47 Å². The monoisotopic (exact) mass is 408 g/mol. The summed E-state index contributed by atoms with van der Waals surface area (Å²) >= 11 is 0. The van der Waals surface area contributed by atoms with Gasteiger partial charge in [0.25, 0.3) is 5.78 Å². The second-order valence-electron chi connectivity index (χ2n) is 8.21. The molecule has 0 radical (unpaired) electrons. The molecule has 0 bridgehead atoms. The summed E-state index contributed by atoms with van der Waals surface area (Å²) in [6.45, 7) is 5.41. The summed E-state index contributed by atoms with van der Waals surface area (Å²) in [4.78, 5) is 29.3. The maximum Gasteiger partial charge on any atom is 0.300 e.